The molecule has 2 amide bonds. The largest absolute Gasteiger partial charge is 0.481 e. The number of anilines is 1. The molecule has 0 aliphatic rings. The molecule has 0 fully saturated rings. The monoisotopic (exact) mass is 280 g/mol. The third kappa shape index (κ3) is 5.38. The Hall–Kier alpha value is -2.57. The molecule has 108 valence electrons. The number of carbonyl (C=O) groups excluding carboxylic acids is 2. The van der Waals surface area contributed by atoms with Crippen LogP contribution in [0.3, 0.4) is 0 Å². The number of carboxylic acids is 1. The van der Waals surface area contributed by atoms with E-state index < -0.39 is 12.1 Å². The van der Waals surface area contributed by atoms with Crippen molar-refractivity contribution in [1.29, 1.82) is 0 Å². The lowest BCUT2D eigenvalue weighted by atomic mass is 10.2. The van der Waals surface area contributed by atoms with Gasteiger partial charge in [0.1, 0.15) is 0 Å². The third-order valence-electron chi connectivity index (χ3n) is 2.29. The Morgan fingerprint density at radius 1 is 1.20 bits per heavy atom. The standard InChI is InChI=1S/C13H16N2O5/c1-2-20-13(19)15-10-5-3-9(4-6-10)12(18)14-8-7-11(16)17/h3-6H,2,7-8H2,1H3,(H,14,18)(H,15,19)(H,16,17). The molecule has 0 heterocycles. The molecule has 0 saturated carbocycles. The van der Waals surface area contributed by atoms with Crippen LogP contribution < -0.4 is 10.6 Å². The molecule has 1 rings (SSSR count). The van der Waals surface area contributed by atoms with Crippen molar-refractivity contribution in [3.05, 3.63) is 29.8 Å². The Morgan fingerprint density at radius 2 is 1.85 bits per heavy atom. The van der Waals surface area contributed by atoms with Gasteiger partial charge in [0, 0.05) is 17.8 Å². The molecule has 20 heavy (non-hydrogen) atoms. The summed E-state index contributed by atoms with van der Waals surface area (Å²) in [5.74, 6) is -1.34. The molecule has 0 saturated heterocycles. The van der Waals surface area contributed by atoms with Gasteiger partial charge in [-0.2, -0.15) is 0 Å². The molecule has 0 aliphatic heterocycles. The fourth-order valence-corrected chi connectivity index (χ4v) is 1.37. The van der Waals surface area contributed by atoms with Gasteiger partial charge in [0.25, 0.3) is 5.91 Å². The van der Waals surface area contributed by atoms with E-state index in [4.69, 9.17) is 9.84 Å². The highest BCUT2D eigenvalue weighted by Gasteiger charge is 2.07. The minimum atomic E-state index is -0.973. The van der Waals surface area contributed by atoms with E-state index in [1.807, 2.05) is 0 Å². The average Bonchev–Trinajstić information content (AvgIpc) is 2.39. The zero-order valence-electron chi connectivity index (χ0n) is 11.0. The first-order valence-corrected chi connectivity index (χ1v) is 6.06. The number of hydrogen-bond acceptors (Lipinski definition) is 4. The second-order valence-corrected chi connectivity index (χ2v) is 3.82. The number of carboxylic acid groups (broad SMARTS) is 1. The lowest BCUT2D eigenvalue weighted by Gasteiger charge is -2.07. The molecule has 3 N–H and O–H groups in total. The zero-order chi connectivity index (χ0) is 15.0. The molecule has 1 aromatic rings. The van der Waals surface area contributed by atoms with Crippen LogP contribution in [0.4, 0.5) is 10.5 Å². The van der Waals surface area contributed by atoms with Gasteiger partial charge in [-0.05, 0) is 31.2 Å². The highest BCUT2D eigenvalue weighted by Crippen LogP contribution is 2.09. The van der Waals surface area contributed by atoms with Crippen LogP contribution in [0.2, 0.25) is 0 Å². The van der Waals surface area contributed by atoms with Gasteiger partial charge in [0.2, 0.25) is 0 Å². The zero-order valence-corrected chi connectivity index (χ0v) is 11.0. The lowest BCUT2D eigenvalue weighted by molar-refractivity contribution is -0.136. The maximum Gasteiger partial charge on any atom is 0.411 e. The molecular weight excluding hydrogens is 264 g/mol. The number of nitrogens with one attached hydrogen (secondary N) is 2. The molecule has 0 spiro atoms. The quantitative estimate of drug-likeness (QED) is 0.731. The molecule has 0 aliphatic carbocycles. The van der Waals surface area contributed by atoms with Gasteiger partial charge in [0.05, 0.1) is 13.0 Å². The van der Waals surface area contributed by atoms with Crippen molar-refractivity contribution < 1.29 is 24.2 Å². The van der Waals surface area contributed by atoms with Crippen LogP contribution in [-0.4, -0.2) is 36.2 Å². The highest BCUT2D eigenvalue weighted by molar-refractivity contribution is 5.95. The minimum Gasteiger partial charge on any atom is -0.481 e. The van der Waals surface area contributed by atoms with E-state index in [9.17, 15) is 14.4 Å². The van der Waals surface area contributed by atoms with Gasteiger partial charge in [-0.15, -0.1) is 0 Å². The van der Waals surface area contributed by atoms with E-state index in [-0.39, 0.29) is 25.5 Å². The smallest absolute Gasteiger partial charge is 0.411 e. The molecule has 0 unspecified atom stereocenters. The summed E-state index contributed by atoms with van der Waals surface area (Å²) in [5.41, 5.74) is 0.885. The first-order valence-electron chi connectivity index (χ1n) is 6.06. The summed E-state index contributed by atoms with van der Waals surface area (Å²) >= 11 is 0. The number of hydrogen-bond donors (Lipinski definition) is 3. The van der Waals surface area contributed by atoms with Crippen LogP contribution in [0.15, 0.2) is 24.3 Å². The molecular formula is C13H16N2O5. The van der Waals surface area contributed by atoms with Crippen molar-refractivity contribution >= 4 is 23.7 Å². The summed E-state index contributed by atoms with van der Waals surface area (Å²) in [5, 5.41) is 13.4. The van der Waals surface area contributed by atoms with Crippen LogP contribution in [0.25, 0.3) is 0 Å². The topological polar surface area (TPSA) is 105 Å². The van der Waals surface area contributed by atoms with Crippen LogP contribution in [0.5, 0.6) is 0 Å². The van der Waals surface area contributed by atoms with Crippen LogP contribution >= 0.6 is 0 Å². The van der Waals surface area contributed by atoms with Gasteiger partial charge in [-0.1, -0.05) is 0 Å². The fourth-order valence-electron chi connectivity index (χ4n) is 1.37. The molecule has 0 aromatic heterocycles. The van der Waals surface area contributed by atoms with Crippen molar-refractivity contribution in [2.24, 2.45) is 0 Å². The number of benzene rings is 1. The Bertz CT molecular complexity index is 484. The molecule has 1 aromatic carbocycles. The van der Waals surface area contributed by atoms with E-state index in [0.29, 0.717) is 11.3 Å². The second-order valence-electron chi connectivity index (χ2n) is 3.82. The van der Waals surface area contributed by atoms with E-state index in [2.05, 4.69) is 10.6 Å². The van der Waals surface area contributed by atoms with Gasteiger partial charge in [-0.3, -0.25) is 14.9 Å². The van der Waals surface area contributed by atoms with Gasteiger partial charge >= 0.3 is 12.1 Å². The summed E-state index contributed by atoms with van der Waals surface area (Å²) in [6, 6.07) is 6.17. The minimum absolute atomic E-state index is 0.0665. The van der Waals surface area contributed by atoms with Gasteiger partial charge in [-0.25, -0.2) is 4.79 Å². The fraction of sp³-hybridized carbons (Fsp3) is 0.308. The van der Waals surface area contributed by atoms with Crippen molar-refractivity contribution in [3.63, 3.8) is 0 Å². The predicted molar refractivity (Wildman–Crippen MR) is 71.7 cm³/mol. The third-order valence-corrected chi connectivity index (χ3v) is 2.29. The molecule has 7 nitrogen and oxygen atoms in total. The van der Waals surface area contributed by atoms with E-state index in [1.165, 1.54) is 12.1 Å². The van der Waals surface area contributed by atoms with E-state index in [1.54, 1.807) is 19.1 Å². The lowest BCUT2D eigenvalue weighted by Crippen LogP contribution is -2.25. The number of rotatable bonds is 6. The van der Waals surface area contributed by atoms with Crippen molar-refractivity contribution in [3.8, 4) is 0 Å². The number of amides is 2. The Morgan fingerprint density at radius 3 is 2.40 bits per heavy atom. The normalized spacial score (nSPS) is 9.65. The Balaban J connectivity index is 2.51. The maximum atomic E-state index is 11.6. The molecule has 0 radical (unpaired) electrons. The Kier molecular flexibility index (Phi) is 6.02. The highest BCUT2D eigenvalue weighted by atomic mass is 16.5. The average molecular weight is 280 g/mol. The Labute approximate surface area is 115 Å². The summed E-state index contributed by atoms with van der Waals surface area (Å²) < 4.78 is 4.71. The van der Waals surface area contributed by atoms with Crippen molar-refractivity contribution in [2.45, 2.75) is 13.3 Å². The summed E-state index contributed by atoms with van der Waals surface area (Å²) in [6.45, 7) is 2.04. The SMILES string of the molecule is CCOC(=O)Nc1ccc(C(=O)NCCC(=O)O)cc1. The molecule has 7 heteroatoms. The van der Waals surface area contributed by atoms with Crippen LogP contribution in [0.1, 0.15) is 23.7 Å². The van der Waals surface area contributed by atoms with Crippen molar-refractivity contribution in [1.82, 2.24) is 5.32 Å². The van der Waals surface area contributed by atoms with Crippen LogP contribution in [0, 0.1) is 0 Å². The van der Waals surface area contributed by atoms with Crippen LogP contribution in [-0.2, 0) is 9.53 Å². The first kappa shape index (κ1) is 15.5. The van der Waals surface area contributed by atoms with Gasteiger partial charge in [0.15, 0.2) is 0 Å². The van der Waals surface area contributed by atoms with E-state index >= 15 is 0 Å². The van der Waals surface area contributed by atoms with E-state index in [0.717, 1.165) is 0 Å². The van der Waals surface area contributed by atoms with Crippen molar-refractivity contribution in [2.75, 3.05) is 18.5 Å². The summed E-state index contributed by atoms with van der Waals surface area (Å²) in [7, 11) is 0. The second kappa shape index (κ2) is 7.78. The summed E-state index contributed by atoms with van der Waals surface area (Å²) in [4.78, 5) is 33.1. The number of carbonyl (C=O) groups is 3. The first-order chi connectivity index (χ1) is 9.52. The maximum absolute atomic E-state index is 11.6. The molecule has 0 bridgehead atoms. The predicted octanol–water partition coefficient (Wildman–Crippen LogP) is 1.46. The summed E-state index contributed by atoms with van der Waals surface area (Å²) in [6.07, 6.45) is -0.694. The number of ether oxygens (including phenoxy) is 1. The molecule has 0 atom stereocenters. The van der Waals surface area contributed by atoms with Gasteiger partial charge < -0.3 is 15.2 Å². The number of aliphatic carboxylic acids is 1.